The minimum absolute atomic E-state index is 0.102. The van der Waals surface area contributed by atoms with Gasteiger partial charge in [-0.1, -0.05) is 12.1 Å². The van der Waals surface area contributed by atoms with Gasteiger partial charge in [0.25, 0.3) is 5.92 Å². The summed E-state index contributed by atoms with van der Waals surface area (Å²) in [6.45, 7) is -0.309. The summed E-state index contributed by atoms with van der Waals surface area (Å²) in [5.41, 5.74) is 3.60. The van der Waals surface area contributed by atoms with Crippen LogP contribution in [0.4, 0.5) is 13.2 Å². The predicted molar refractivity (Wildman–Crippen MR) is 48.4 cm³/mol. The monoisotopic (exact) mass is 217 g/mol. The fourth-order valence-electron chi connectivity index (χ4n) is 1.86. The van der Waals surface area contributed by atoms with Gasteiger partial charge in [0.15, 0.2) is 11.6 Å². The Morgan fingerprint density at radius 2 is 2.00 bits per heavy atom. The average Bonchev–Trinajstić information content (AvgIpc) is 2.74. The number of hydrogen-bond acceptors (Lipinski definition) is 2. The Hall–Kier alpha value is -1.23. The number of phenols is 1. The smallest absolute Gasteiger partial charge is 0.260 e. The van der Waals surface area contributed by atoms with E-state index >= 15 is 0 Å². The van der Waals surface area contributed by atoms with E-state index < -0.39 is 29.3 Å². The van der Waals surface area contributed by atoms with E-state index in [0.717, 1.165) is 6.07 Å². The number of benzene rings is 1. The largest absolute Gasteiger partial charge is 0.505 e. The summed E-state index contributed by atoms with van der Waals surface area (Å²) in [7, 11) is 0. The van der Waals surface area contributed by atoms with Gasteiger partial charge in [0.1, 0.15) is 0 Å². The molecule has 1 aromatic rings. The number of hydrogen-bond donors (Lipinski definition) is 2. The molecule has 1 aliphatic rings. The molecule has 1 atom stereocenters. The highest BCUT2D eigenvalue weighted by Crippen LogP contribution is 2.62. The van der Waals surface area contributed by atoms with E-state index in [0.29, 0.717) is 0 Å². The second-order valence-corrected chi connectivity index (χ2v) is 3.80. The molecule has 3 N–H and O–H groups in total. The van der Waals surface area contributed by atoms with Crippen molar-refractivity contribution in [1.29, 1.82) is 0 Å². The maximum atomic E-state index is 13.1. The summed E-state index contributed by atoms with van der Waals surface area (Å²) in [5, 5.41) is 9.37. The third-order valence-corrected chi connectivity index (χ3v) is 2.95. The molecule has 0 spiro atoms. The Bertz CT molecular complexity index is 408. The van der Waals surface area contributed by atoms with Crippen molar-refractivity contribution in [3.8, 4) is 5.75 Å². The van der Waals surface area contributed by atoms with Gasteiger partial charge in [-0.15, -0.1) is 0 Å². The number of alkyl halides is 2. The van der Waals surface area contributed by atoms with Crippen molar-refractivity contribution in [2.45, 2.75) is 17.8 Å². The highest BCUT2D eigenvalue weighted by molar-refractivity contribution is 5.47. The first-order valence-corrected chi connectivity index (χ1v) is 4.50. The Kier molecular flexibility index (Phi) is 1.98. The van der Waals surface area contributed by atoms with Gasteiger partial charge in [-0.25, -0.2) is 13.2 Å². The van der Waals surface area contributed by atoms with Crippen LogP contribution in [-0.2, 0) is 5.41 Å². The van der Waals surface area contributed by atoms with Crippen LogP contribution in [0.15, 0.2) is 18.2 Å². The quantitative estimate of drug-likeness (QED) is 0.793. The predicted octanol–water partition coefficient (Wildman–Crippen LogP) is 1.77. The van der Waals surface area contributed by atoms with Crippen LogP contribution in [0.25, 0.3) is 0 Å². The lowest BCUT2D eigenvalue weighted by Gasteiger charge is -2.15. The van der Waals surface area contributed by atoms with Crippen molar-refractivity contribution in [1.82, 2.24) is 0 Å². The van der Waals surface area contributed by atoms with E-state index in [4.69, 9.17) is 5.73 Å². The zero-order valence-corrected chi connectivity index (χ0v) is 7.80. The van der Waals surface area contributed by atoms with E-state index in [2.05, 4.69) is 0 Å². The summed E-state index contributed by atoms with van der Waals surface area (Å²) in [5.74, 6) is -4.57. The molecular weight excluding hydrogens is 207 g/mol. The van der Waals surface area contributed by atoms with Crippen molar-refractivity contribution in [3.05, 3.63) is 29.6 Å². The number of aromatic hydroxyl groups is 1. The van der Waals surface area contributed by atoms with E-state index in [-0.39, 0.29) is 12.1 Å². The number of halogens is 3. The van der Waals surface area contributed by atoms with Crippen LogP contribution in [0.1, 0.15) is 12.0 Å². The molecule has 82 valence electrons. The van der Waals surface area contributed by atoms with E-state index in [1.807, 2.05) is 0 Å². The topological polar surface area (TPSA) is 46.2 Å². The van der Waals surface area contributed by atoms with Crippen LogP contribution >= 0.6 is 0 Å². The fraction of sp³-hybridized carbons (Fsp3) is 0.400. The first-order chi connectivity index (χ1) is 6.94. The summed E-state index contributed by atoms with van der Waals surface area (Å²) < 4.78 is 39.3. The Morgan fingerprint density at radius 1 is 1.40 bits per heavy atom. The Morgan fingerprint density at radius 3 is 2.47 bits per heavy atom. The maximum absolute atomic E-state index is 13.1. The molecule has 0 aromatic heterocycles. The molecule has 0 saturated heterocycles. The van der Waals surface area contributed by atoms with Gasteiger partial charge in [0.05, 0.1) is 5.41 Å². The van der Waals surface area contributed by atoms with Gasteiger partial charge in [0, 0.05) is 18.5 Å². The van der Waals surface area contributed by atoms with E-state index in [9.17, 15) is 18.3 Å². The molecule has 5 heteroatoms. The summed E-state index contributed by atoms with van der Waals surface area (Å²) in [6, 6.07) is 3.59. The summed E-state index contributed by atoms with van der Waals surface area (Å²) in [6.07, 6.45) is -0.437. The zero-order valence-electron chi connectivity index (χ0n) is 7.80. The van der Waals surface area contributed by atoms with Gasteiger partial charge in [-0.3, -0.25) is 0 Å². The highest BCUT2D eigenvalue weighted by atomic mass is 19.3. The second kappa shape index (κ2) is 2.88. The SMILES string of the molecule is NCC1(c2cccc(F)c2O)CC1(F)F. The van der Waals surface area contributed by atoms with Crippen molar-refractivity contribution < 1.29 is 18.3 Å². The van der Waals surface area contributed by atoms with Crippen LogP contribution in [0, 0.1) is 5.82 Å². The van der Waals surface area contributed by atoms with E-state index in [1.165, 1.54) is 12.1 Å². The number of nitrogens with two attached hydrogens (primary N) is 1. The van der Waals surface area contributed by atoms with Crippen molar-refractivity contribution in [3.63, 3.8) is 0 Å². The van der Waals surface area contributed by atoms with Gasteiger partial charge in [0.2, 0.25) is 0 Å². The number of rotatable bonds is 2. The molecule has 1 saturated carbocycles. The summed E-state index contributed by atoms with van der Waals surface area (Å²) in [4.78, 5) is 0. The van der Waals surface area contributed by atoms with E-state index in [1.54, 1.807) is 0 Å². The standard InChI is InChI=1S/C10H10F3NO/c11-7-3-1-2-6(8(7)15)9(5-14)4-10(9,12)13/h1-3,15H,4-5,14H2. The molecule has 1 unspecified atom stereocenters. The van der Waals surface area contributed by atoms with Crippen LogP contribution < -0.4 is 5.73 Å². The molecule has 1 fully saturated rings. The molecule has 1 aliphatic carbocycles. The average molecular weight is 217 g/mol. The number of phenolic OH excluding ortho intramolecular Hbond substituents is 1. The van der Waals surface area contributed by atoms with Gasteiger partial charge < -0.3 is 10.8 Å². The normalized spacial score (nSPS) is 27.7. The molecule has 0 radical (unpaired) electrons. The lowest BCUT2D eigenvalue weighted by molar-refractivity contribution is 0.0888. The molecule has 0 amide bonds. The van der Waals surface area contributed by atoms with Crippen LogP contribution in [0.3, 0.4) is 0 Å². The van der Waals surface area contributed by atoms with Gasteiger partial charge in [-0.05, 0) is 6.07 Å². The molecular formula is C10H10F3NO. The summed E-state index contributed by atoms with van der Waals surface area (Å²) >= 11 is 0. The van der Waals surface area contributed by atoms with Crippen molar-refractivity contribution in [2.75, 3.05) is 6.54 Å². The molecule has 15 heavy (non-hydrogen) atoms. The third kappa shape index (κ3) is 1.23. The fourth-order valence-corrected chi connectivity index (χ4v) is 1.86. The van der Waals surface area contributed by atoms with Crippen molar-refractivity contribution in [2.24, 2.45) is 5.73 Å². The van der Waals surface area contributed by atoms with Crippen molar-refractivity contribution >= 4 is 0 Å². The minimum Gasteiger partial charge on any atom is -0.505 e. The number of para-hydroxylation sites is 1. The molecule has 0 heterocycles. The zero-order chi connectivity index (χ0) is 11.3. The molecule has 2 nitrogen and oxygen atoms in total. The lowest BCUT2D eigenvalue weighted by Crippen LogP contribution is -2.27. The van der Waals surface area contributed by atoms with Crippen LogP contribution in [0.2, 0.25) is 0 Å². The molecule has 2 rings (SSSR count). The molecule has 0 aliphatic heterocycles. The minimum atomic E-state index is -2.95. The molecule has 1 aromatic carbocycles. The van der Waals surface area contributed by atoms with Crippen LogP contribution in [-0.4, -0.2) is 17.6 Å². The first-order valence-electron chi connectivity index (χ1n) is 4.50. The Balaban J connectivity index is 2.51. The van der Waals surface area contributed by atoms with Gasteiger partial charge in [-0.2, -0.15) is 0 Å². The third-order valence-electron chi connectivity index (χ3n) is 2.95. The van der Waals surface area contributed by atoms with Gasteiger partial charge >= 0.3 is 0 Å². The second-order valence-electron chi connectivity index (χ2n) is 3.80. The maximum Gasteiger partial charge on any atom is 0.260 e. The lowest BCUT2D eigenvalue weighted by atomic mass is 9.94. The van der Waals surface area contributed by atoms with Crippen LogP contribution in [0.5, 0.6) is 5.75 Å². The Labute approximate surface area is 84.5 Å². The first kappa shape index (κ1) is 10.3. The highest BCUT2D eigenvalue weighted by Gasteiger charge is 2.72. The molecule has 0 bridgehead atoms.